The molecule has 0 aromatic heterocycles. The van der Waals surface area contributed by atoms with Gasteiger partial charge in [-0.05, 0) is 29.9 Å². The summed E-state index contributed by atoms with van der Waals surface area (Å²) in [7, 11) is 0. The molecule has 2 saturated heterocycles. The lowest BCUT2D eigenvalue weighted by molar-refractivity contribution is -0.308. The van der Waals surface area contributed by atoms with Crippen LogP contribution in [0.4, 0.5) is 0 Å². The van der Waals surface area contributed by atoms with Crippen LogP contribution in [0.3, 0.4) is 0 Å². The molecule has 2 heterocycles. The van der Waals surface area contributed by atoms with E-state index in [0.29, 0.717) is 24.0 Å². The molecule has 30 heavy (non-hydrogen) atoms. The fourth-order valence-electron chi connectivity index (χ4n) is 5.43. The molecular weight excluding hydrogens is 396 g/mol. The Kier molecular flexibility index (Phi) is 5.82. The molecule has 4 fully saturated rings. The molecule has 5 N–H and O–H groups in total. The number of carbonyl (C=O) groups excluding carboxylic acids is 1. The zero-order valence-electron chi connectivity index (χ0n) is 16.8. The molecule has 0 aromatic carbocycles. The second-order valence-electron chi connectivity index (χ2n) is 8.95. The predicted octanol–water partition coefficient (Wildman–Crippen LogP) is -1.14. The lowest BCUT2D eigenvalue weighted by atomic mass is 9.80. The maximum Gasteiger partial charge on any atom is 0.309 e. The van der Waals surface area contributed by atoms with Gasteiger partial charge in [-0.2, -0.15) is 0 Å². The SMILES string of the molecule is C=C1C2[C@@H](C[C@@H]1O[C@@H]1O[C@H](CO)[C@@H](O)[C@H](O)[C@H]1O)C(=C)[C@H](O)C[C@H]1[C@H](C)C(=O)O[C@@H]21. The van der Waals surface area contributed by atoms with Gasteiger partial charge < -0.3 is 39.7 Å². The molecule has 9 nitrogen and oxygen atoms in total. The van der Waals surface area contributed by atoms with Crippen LogP contribution in [0.15, 0.2) is 24.3 Å². The van der Waals surface area contributed by atoms with E-state index in [1.165, 1.54) is 0 Å². The molecular formula is C21H30O9. The first-order chi connectivity index (χ1) is 14.1. The largest absolute Gasteiger partial charge is 0.461 e. The first-order valence-corrected chi connectivity index (χ1v) is 10.4. The molecule has 0 bridgehead atoms. The molecule has 0 spiro atoms. The second kappa shape index (κ2) is 7.98. The van der Waals surface area contributed by atoms with Crippen molar-refractivity contribution in [3.63, 3.8) is 0 Å². The normalized spacial score (nSPS) is 51.3. The van der Waals surface area contributed by atoms with Crippen molar-refractivity contribution in [1.29, 1.82) is 0 Å². The zero-order valence-corrected chi connectivity index (χ0v) is 16.8. The lowest BCUT2D eigenvalue weighted by Crippen LogP contribution is -2.59. The van der Waals surface area contributed by atoms with Crippen molar-refractivity contribution in [3.05, 3.63) is 24.3 Å². The second-order valence-corrected chi connectivity index (χ2v) is 8.95. The molecule has 168 valence electrons. The Hall–Kier alpha value is -1.33. The van der Waals surface area contributed by atoms with Gasteiger partial charge in [0.05, 0.1) is 24.7 Å². The van der Waals surface area contributed by atoms with Gasteiger partial charge in [-0.15, -0.1) is 0 Å². The number of ether oxygens (including phenoxy) is 3. The summed E-state index contributed by atoms with van der Waals surface area (Å²) in [4.78, 5) is 12.2. The van der Waals surface area contributed by atoms with Crippen LogP contribution in [0.5, 0.6) is 0 Å². The van der Waals surface area contributed by atoms with Crippen LogP contribution >= 0.6 is 0 Å². The van der Waals surface area contributed by atoms with Crippen LogP contribution < -0.4 is 0 Å². The third-order valence-electron chi connectivity index (χ3n) is 7.33. The van der Waals surface area contributed by atoms with Crippen LogP contribution in [0.1, 0.15) is 19.8 Å². The van der Waals surface area contributed by atoms with Crippen LogP contribution in [0.2, 0.25) is 0 Å². The van der Waals surface area contributed by atoms with E-state index in [2.05, 4.69) is 13.2 Å². The predicted molar refractivity (Wildman–Crippen MR) is 102 cm³/mol. The van der Waals surface area contributed by atoms with E-state index >= 15 is 0 Å². The first-order valence-electron chi connectivity index (χ1n) is 10.4. The van der Waals surface area contributed by atoms with Crippen molar-refractivity contribution in [2.45, 2.75) is 68.8 Å². The maximum absolute atomic E-state index is 12.2. The summed E-state index contributed by atoms with van der Waals surface area (Å²) in [5.74, 6) is -1.31. The number of hydrogen-bond donors (Lipinski definition) is 5. The summed E-state index contributed by atoms with van der Waals surface area (Å²) < 4.78 is 17.1. The van der Waals surface area contributed by atoms with Crippen LogP contribution in [0.25, 0.3) is 0 Å². The molecule has 0 amide bonds. The van der Waals surface area contributed by atoms with Crippen molar-refractivity contribution in [3.8, 4) is 0 Å². The van der Waals surface area contributed by atoms with E-state index in [1.54, 1.807) is 6.92 Å². The summed E-state index contributed by atoms with van der Waals surface area (Å²) in [6.45, 7) is 9.47. The highest BCUT2D eigenvalue weighted by atomic mass is 16.7. The fourth-order valence-corrected chi connectivity index (χ4v) is 5.43. The number of hydrogen-bond acceptors (Lipinski definition) is 9. The Morgan fingerprint density at radius 3 is 2.43 bits per heavy atom. The van der Waals surface area contributed by atoms with Gasteiger partial charge >= 0.3 is 5.97 Å². The minimum atomic E-state index is -1.54. The monoisotopic (exact) mass is 426 g/mol. The van der Waals surface area contributed by atoms with Gasteiger partial charge in [0.2, 0.25) is 0 Å². The Morgan fingerprint density at radius 1 is 1.07 bits per heavy atom. The molecule has 2 aliphatic carbocycles. The number of esters is 1. The standard InChI is InChI=1S/C21H30O9/c1-7-10-5-13(28-21-18(26)17(25)16(24)14(6-22)29-21)9(3)15(10)19-11(4-12(7)23)8(2)20(27)30-19/h8,10-19,21-26H,1,3-6H2,2H3/t8-,10-,11-,12+,13-,14+,15?,16+,17-,18+,19+,21+/m0/s1. The Morgan fingerprint density at radius 2 is 1.77 bits per heavy atom. The van der Waals surface area contributed by atoms with E-state index in [1.807, 2.05) is 0 Å². The summed E-state index contributed by atoms with van der Waals surface area (Å²) in [5.41, 5.74) is 1.28. The smallest absolute Gasteiger partial charge is 0.309 e. The number of rotatable bonds is 3. The average Bonchev–Trinajstić information content (AvgIpc) is 3.15. The summed E-state index contributed by atoms with van der Waals surface area (Å²) >= 11 is 0. The van der Waals surface area contributed by atoms with Gasteiger partial charge in [-0.1, -0.05) is 20.1 Å². The molecule has 12 atom stereocenters. The Balaban J connectivity index is 1.56. The van der Waals surface area contributed by atoms with Crippen molar-refractivity contribution in [2.24, 2.45) is 23.7 Å². The zero-order chi connectivity index (χ0) is 21.9. The van der Waals surface area contributed by atoms with E-state index in [0.717, 1.165) is 0 Å². The number of aliphatic hydroxyl groups excluding tert-OH is 5. The van der Waals surface area contributed by atoms with Gasteiger partial charge in [-0.25, -0.2) is 0 Å². The highest BCUT2D eigenvalue weighted by molar-refractivity contribution is 5.75. The minimum Gasteiger partial charge on any atom is -0.461 e. The van der Waals surface area contributed by atoms with Crippen molar-refractivity contribution in [1.82, 2.24) is 0 Å². The molecule has 1 unspecified atom stereocenters. The van der Waals surface area contributed by atoms with E-state index < -0.39 is 55.6 Å². The maximum atomic E-state index is 12.2. The van der Waals surface area contributed by atoms with Gasteiger partial charge in [0.15, 0.2) is 6.29 Å². The molecule has 0 aromatic rings. The van der Waals surface area contributed by atoms with Gasteiger partial charge in [0.25, 0.3) is 0 Å². The van der Waals surface area contributed by atoms with Crippen molar-refractivity contribution >= 4 is 5.97 Å². The minimum absolute atomic E-state index is 0.165. The van der Waals surface area contributed by atoms with Crippen molar-refractivity contribution < 1.29 is 44.5 Å². The third kappa shape index (κ3) is 3.33. The number of carbonyl (C=O) groups is 1. The molecule has 4 rings (SSSR count). The molecule has 4 aliphatic rings. The van der Waals surface area contributed by atoms with Gasteiger partial charge in [0.1, 0.15) is 30.5 Å². The molecule has 2 saturated carbocycles. The Labute approximate surface area is 174 Å². The highest BCUT2D eigenvalue weighted by Crippen LogP contribution is 2.53. The van der Waals surface area contributed by atoms with E-state index in [4.69, 9.17) is 14.2 Å². The Bertz CT molecular complexity index is 721. The quantitative estimate of drug-likeness (QED) is 0.279. The van der Waals surface area contributed by atoms with Crippen LogP contribution in [-0.4, -0.2) is 87.1 Å². The topological polar surface area (TPSA) is 146 Å². The first kappa shape index (κ1) is 21.9. The van der Waals surface area contributed by atoms with E-state index in [-0.39, 0.29) is 29.6 Å². The van der Waals surface area contributed by atoms with Crippen molar-refractivity contribution in [2.75, 3.05) is 6.61 Å². The van der Waals surface area contributed by atoms with E-state index in [9.17, 15) is 30.3 Å². The highest BCUT2D eigenvalue weighted by Gasteiger charge is 2.57. The number of aliphatic hydroxyl groups is 5. The molecule has 0 radical (unpaired) electrons. The fraction of sp³-hybridized carbons (Fsp3) is 0.762. The summed E-state index contributed by atoms with van der Waals surface area (Å²) in [6.07, 6.45) is -7.94. The average molecular weight is 426 g/mol. The molecule has 2 aliphatic heterocycles. The van der Waals surface area contributed by atoms with Gasteiger partial charge in [-0.3, -0.25) is 4.79 Å². The number of fused-ring (bicyclic) bond motifs is 3. The lowest BCUT2D eigenvalue weighted by Gasteiger charge is -2.40. The van der Waals surface area contributed by atoms with Gasteiger partial charge in [0, 0.05) is 11.8 Å². The summed E-state index contributed by atoms with van der Waals surface area (Å²) in [5, 5.41) is 50.3. The van der Waals surface area contributed by atoms with Crippen LogP contribution in [0, 0.1) is 23.7 Å². The summed E-state index contributed by atoms with van der Waals surface area (Å²) in [6, 6.07) is 0. The van der Waals surface area contributed by atoms with Crippen LogP contribution in [-0.2, 0) is 19.0 Å². The third-order valence-corrected chi connectivity index (χ3v) is 7.33. The molecule has 9 heteroatoms.